The Hall–Kier alpha value is -2.01. The van der Waals surface area contributed by atoms with Gasteiger partial charge in [-0.05, 0) is 67.2 Å². The zero-order chi connectivity index (χ0) is 19.3. The predicted octanol–water partition coefficient (Wildman–Crippen LogP) is 2.30. The molecule has 0 aliphatic heterocycles. The molecule has 0 atom stereocenters. The molecule has 0 spiro atoms. The summed E-state index contributed by atoms with van der Waals surface area (Å²) in [5, 5.41) is 10.3. The van der Waals surface area contributed by atoms with Crippen LogP contribution in [0.4, 0.5) is 5.69 Å². The topological polar surface area (TPSA) is 111 Å². The van der Waals surface area contributed by atoms with E-state index in [2.05, 4.69) is 26.6 Å². The van der Waals surface area contributed by atoms with E-state index in [0.717, 1.165) is 10.0 Å². The molecule has 0 fully saturated rings. The number of amides is 1. The van der Waals surface area contributed by atoms with Crippen LogP contribution in [0.1, 0.15) is 5.56 Å². The highest BCUT2D eigenvalue weighted by atomic mass is 79.9. The van der Waals surface area contributed by atoms with Crippen molar-refractivity contribution in [3.05, 3.63) is 52.5 Å². The molecule has 0 saturated heterocycles. The van der Waals surface area contributed by atoms with Gasteiger partial charge in [-0.25, -0.2) is 13.6 Å². The number of hydrogen-bond donors (Lipinski definition) is 3. The number of nitrogens with one attached hydrogen (secondary N) is 2. The smallest absolute Gasteiger partial charge is 0.264 e. The number of carbonyl (C=O) groups is 1. The van der Waals surface area contributed by atoms with E-state index < -0.39 is 15.9 Å². The van der Waals surface area contributed by atoms with Crippen LogP contribution < -0.4 is 20.5 Å². The summed E-state index contributed by atoms with van der Waals surface area (Å²) in [6, 6.07) is 11.0. The minimum absolute atomic E-state index is 0.0174. The molecule has 0 aromatic heterocycles. The third kappa shape index (κ3) is 6.06. The Morgan fingerprint density at radius 1 is 1.23 bits per heavy atom. The molecule has 0 unspecified atom stereocenters. The monoisotopic (exact) mass is 457 g/mol. The fraction of sp³-hybridized carbons (Fsp3) is 0.125. The van der Waals surface area contributed by atoms with E-state index in [-0.39, 0.29) is 16.6 Å². The van der Waals surface area contributed by atoms with Gasteiger partial charge in [0.1, 0.15) is 5.75 Å². The number of rotatable bonds is 5. The van der Waals surface area contributed by atoms with Crippen LogP contribution in [0, 0.1) is 6.92 Å². The molecule has 138 valence electrons. The van der Waals surface area contributed by atoms with E-state index >= 15 is 0 Å². The van der Waals surface area contributed by atoms with Crippen LogP contribution >= 0.6 is 28.1 Å². The fourth-order valence-electron chi connectivity index (χ4n) is 1.91. The Kier molecular flexibility index (Phi) is 6.70. The van der Waals surface area contributed by atoms with Gasteiger partial charge in [-0.2, -0.15) is 0 Å². The van der Waals surface area contributed by atoms with Crippen molar-refractivity contribution < 1.29 is 17.9 Å². The van der Waals surface area contributed by atoms with Crippen LogP contribution in [-0.4, -0.2) is 26.0 Å². The van der Waals surface area contributed by atoms with Crippen molar-refractivity contribution in [3.8, 4) is 5.75 Å². The van der Waals surface area contributed by atoms with Gasteiger partial charge in [-0.1, -0.05) is 15.9 Å². The highest BCUT2D eigenvalue weighted by Gasteiger charge is 2.09. The van der Waals surface area contributed by atoms with Gasteiger partial charge in [0, 0.05) is 10.2 Å². The van der Waals surface area contributed by atoms with Gasteiger partial charge >= 0.3 is 0 Å². The van der Waals surface area contributed by atoms with E-state index in [9.17, 15) is 13.2 Å². The lowest BCUT2D eigenvalue weighted by atomic mass is 10.2. The minimum atomic E-state index is -3.76. The first-order valence-electron chi connectivity index (χ1n) is 7.28. The quantitative estimate of drug-likeness (QED) is 0.594. The van der Waals surface area contributed by atoms with Gasteiger partial charge in [0.2, 0.25) is 10.0 Å². The summed E-state index contributed by atoms with van der Waals surface area (Å²) < 4.78 is 28.8. The Morgan fingerprint density at radius 3 is 2.46 bits per heavy atom. The van der Waals surface area contributed by atoms with Crippen LogP contribution in [0.15, 0.2) is 51.8 Å². The lowest BCUT2D eigenvalue weighted by Crippen LogP contribution is -2.37. The SMILES string of the molecule is Cc1cc(OCC(=O)NC(=S)Nc2ccc(S(N)(=O)=O)cc2)ccc1Br. The molecule has 0 heterocycles. The number of thiocarbonyl (C=S) groups is 1. The molecule has 7 nitrogen and oxygen atoms in total. The van der Waals surface area contributed by atoms with Crippen molar-refractivity contribution in [1.29, 1.82) is 0 Å². The minimum Gasteiger partial charge on any atom is -0.484 e. The van der Waals surface area contributed by atoms with Gasteiger partial charge in [-0.3, -0.25) is 10.1 Å². The summed E-state index contributed by atoms with van der Waals surface area (Å²) in [6.45, 7) is 1.71. The second-order valence-corrected chi connectivity index (χ2v) is 8.10. The highest BCUT2D eigenvalue weighted by molar-refractivity contribution is 9.10. The molecule has 0 radical (unpaired) electrons. The summed E-state index contributed by atoms with van der Waals surface area (Å²) >= 11 is 8.43. The van der Waals surface area contributed by atoms with E-state index in [1.807, 2.05) is 13.0 Å². The van der Waals surface area contributed by atoms with Crippen LogP contribution in [0.5, 0.6) is 5.75 Å². The van der Waals surface area contributed by atoms with Crippen LogP contribution in [0.2, 0.25) is 0 Å². The van der Waals surface area contributed by atoms with Crippen LogP contribution in [0.25, 0.3) is 0 Å². The number of primary sulfonamides is 1. The van der Waals surface area contributed by atoms with Crippen molar-refractivity contribution in [2.24, 2.45) is 5.14 Å². The number of carbonyl (C=O) groups excluding carboxylic acids is 1. The molecule has 4 N–H and O–H groups in total. The number of halogens is 1. The molecule has 2 aromatic carbocycles. The molecule has 2 rings (SSSR count). The van der Waals surface area contributed by atoms with Gasteiger partial charge in [0.05, 0.1) is 4.90 Å². The third-order valence-electron chi connectivity index (χ3n) is 3.19. The van der Waals surface area contributed by atoms with Crippen LogP contribution in [-0.2, 0) is 14.8 Å². The standard InChI is InChI=1S/C16H16BrN3O4S2/c1-10-8-12(4-7-14(10)17)24-9-15(21)20-16(25)19-11-2-5-13(6-3-11)26(18,22)23/h2-8H,9H2,1H3,(H2,18,22,23)(H2,19,20,21,25). The Bertz CT molecular complexity index is 931. The first-order valence-corrected chi connectivity index (χ1v) is 10.0. The number of nitrogens with two attached hydrogens (primary N) is 1. The average molecular weight is 458 g/mol. The molecule has 0 aliphatic rings. The molecule has 0 saturated carbocycles. The van der Waals surface area contributed by atoms with E-state index in [1.165, 1.54) is 24.3 Å². The van der Waals surface area contributed by atoms with Crippen molar-refractivity contribution in [2.75, 3.05) is 11.9 Å². The summed E-state index contributed by atoms with van der Waals surface area (Å²) in [6.07, 6.45) is 0. The summed E-state index contributed by atoms with van der Waals surface area (Å²) in [5.74, 6) is 0.141. The zero-order valence-electron chi connectivity index (χ0n) is 13.7. The van der Waals surface area contributed by atoms with Crippen molar-refractivity contribution in [1.82, 2.24) is 5.32 Å². The molecule has 10 heteroatoms. The summed E-state index contributed by atoms with van der Waals surface area (Å²) in [7, 11) is -3.76. The van der Waals surface area contributed by atoms with Crippen molar-refractivity contribution >= 4 is 54.9 Å². The second kappa shape index (κ2) is 8.58. The number of hydrogen-bond acceptors (Lipinski definition) is 5. The van der Waals surface area contributed by atoms with Gasteiger partial charge < -0.3 is 10.1 Å². The van der Waals surface area contributed by atoms with E-state index in [1.54, 1.807) is 12.1 Å². The predicted molar refractivity (Wildman–Crippen MR) is 107 cm³/mol. The largest absolute Gasteiger partial charge is 0.484 e. The fourth-order valence-corrected chi connectivity index (χ4v) is 2.90. The van der Waals surface area contributed by atoms with Gasteiger partial charge in [0.25, 0.3) is 5.91 Å². The Morgan fingerprint density at radius 2 is 1.88 bits per heavy atom. The number of benzene rings is 2. The number of sulfonamides is 1. The second-order valence-electron chi connectivity index (χ2n) is 5.27. The molecule has 0 bridgehead atoms. The summed E-state index contributed by atoms with van der Waals surface area (Å²) in [5.41, 5.74) is 1.50. The molecular weight excluding hydrogens is 442 g/mol. The molecule has 1 amide bonds. The number of anilines is 1. The Labute approximate surface area is 165 Å². The lowest BCUT2D eigenvalue weighted by Gasteiger charge is -2.11. The molecular formula is C16H16BrN3O4S2. The molecule has 0 aliphatic carbocycles. The van der Waals surface area contributed by atoms with Gasteiger partial charge in [0.15, 0.2) is 11.7 Å². The first-order chi connectivity index (χ1) is 12.1. The van der Waals surface area contributed by atoms with Crippen LogP contribution in [0.3, 0.4) is 0 Å². The normalized spacial score (nSPS) is 10.9. The maximum absolute atomic E-state index is 11.9. The third-order valence-corrected chi connectivity index (χ3v) is 5.22. The number of ether oxygens (including phenoxy) is 1. The van der Waals surface area contributed by atoms with E-state index in [0.29, 0.717) is 11.4 Å². The zero-order valence-corrected chi connectivity index (χ0v) is 16.9. The average Bonchev–Trinajstić information content (AvgIpc) is 2.55. The van der Waals surface area contributed by atoms with Gasteiger partial charge in [-0.15, -0.1) is 0 Å². The molecule has 2 aromatic rings. The van der Waals surface area contributed by atoms with Crippen molar-refractivity contribution in [2.45, 2.75) is 11.8 Å². The Balaban J connectivity index is 1.85. The molecule has 26 heavy (non-hydrogen) atoms. The first kappa shape index (κ1) is 20.3. The summed E-state index contributed by atoms with van der Waals surface area (Å²) in [4.78, 5) is 11.9. The maximum Gasteiger partial charge on any atom is 0.264 e. The van der Waals surface area contributed by atoms with E-state index in [4.69, 9.17) is 22.1 Å². The van der Waals surface area contributed by atoms with Crippen molar-refractivity contribution in [3.63, 3.8) is 0 Å². The highest BCUT2D eigenvalue weighted by Crippen LogP contribution is 2.21. The number of aryl methyl sites for hydroxylation is 1. The lowest BCUT2D eigenvalue weighted by molar-refractivity contribution is -0.121. The maximum atomic E-state index is 11.9.